The molecule has 1 rings (SSSR count). The summed E-state index contributed by atoms with van der Waals surface area (Å²) in [5, 5.41) is 11.5. The van der Waals surface area contributed by atoms with Crippen molar-refractivity contribution in [3.63, 3.8) is 0 Å². The lowest BCUT2D eigenvalue weighted by Gasteiger charge is -2.10. The van der Waals surface area contributed by atoms with Crippen LogP contribution in [0.4, 0.5) is 0 Å². The summed E-state index contributed by atoms with van der Waals surface area (Å²) >= 11 is 0. The van der Waals surface area contributed by atoms with Crippen molar-refractivity contribution in [3.8, 4) is 5.75 Å². The first-order chi connectivity index (χ1) is 9.40. The van der Waals surface area contributed by atoms with Crippen LogP contribution in [0.2, 0.25) is 0 Å². The fourth-order valence-corrected chi connectivity index (χ4v) is 1.46. The van der Waals surface area contributed by atoms with Crippen molar-refractivity contribution in [3.05, 3.63) is 29.3 Å². The zero-order chi connectivity index (χ0) is 15.1. The van der Waals surface area contributed by atoms with Gasteiger partial charge < -0.3 is 20.9 Å². The molecule has 0 fully saturated rings. The highest BCUT2D eigenvalue weighted by Gasteiger charge is 2.12. The Bertz CT molecular complexity index is 488. The van der Waals surface area contributed by atoms with E-state index in [2.05, 4.69) is 5.32 Å². The van der Waals surface area contributed by atoms with Crippen LogP contribution in [-0.2, 0) is 9.59 Å². The maximum Gasteiger partial charge on any atom is 0.248 e. The van der Waals surface area contributed by atoms with Gasteiger partial charge in [0.15, 0.2) is 0 Å². The number of hydrogen-bond acceptors (Lipinski definition) is 4. The maximum atomic E-state index is 11.4. The Balaban J connectivity index is 2.28. The zero-order valence-corrected chi connectivity index (χ0v) is 11.7. The van der Waals surface area contributed by atoms with E-state index in [1.165, 1.54) is 5.56 Å². The quantitative estimate of drug-likeness (QED) is 0.656. The van der Waals surface area contributed by atoms with Crippen LogP contribution >= 0.6 is 0 Å². The standard InChI is InChI=1S/C14H20N2O4/c1-9-3-4-11(7-10(9)2)20-6-5-13(18)16-8-12(17)14(15)19/h3-4,7,12,17H,5-6,8H2,1-2H3,(H2,15,19)(H,16,18). The second-order valence-corrected chi connectivity index (χ2v) is 4.57. The minimum absolute atomic E-state index is 0.137. The summed E-state index contributed by atoms with van der Waals surface area (Å²) < 4.78 is 5.45. The molecule has 6 heteroatoms. The molecular formula is C14H20N2O4. The Kier molecular flexibility index (Phi) is 5.99. The molecule has 6 nitrogen and oxygen atoms in total. The summed E-state index contributed by atoms with van der Waals surface area (Å²) in [5.41, 5.74) is 7.16. The smallest absolute Gasteiger partial charge is 0.248 e. The Morgan fingerprint density at radius 1 is 1.35 bits per heavy atom. The van der Waals surface area contributed by atoms with Crippen LogP contribution in [0, 0.1) is 13.8 Å². The van der Waals surface area contributed by atoms with Crippen molar-refractivity contribution >= 4 is 11.8 Å². The lowest BCUT2D eigenvalue weighted by atomic mass is 10.1. The number of carbonyl (C=O) groups excluding carboxylic acids is 2. The Hall–Kier alpha value is -2.08. The minimum Gasteiger partial charge on any atom is -0.493 e. The van der Waals surface area contributed by atoms with Crippen LogP contribution < -0.4 is 15.8 Å². The Labute approximate surface area is 117 Å². The molecule has 0 radical (unpaired) electrons. The molecule has 1 unspecified atom stereocenters. The second-order valence-electron chi connectivity index (χ2n) is 4.57. The van der Waals surface area contributed by atoms with E-state index in [0.29, 0.717) is 5.75 Å². The number of aliphatic hydroxyl groups is 1. The number of rotatable bonds is 7. The van der Waals surface area contributed by atoms with Gasteiger partial charge in [0.25, 0.3) is 0 Å². The third-order valence-electron chi connectivity index (χ3n) is 2.90. The van der Waals surface area contributed by atoms with Gasteiger partial charge in [0, 0.05) is 0 Å². The molecule has 0 aliphatic carbocycles. The Morgan fingerprint density at radius 2 is 2.05 bits per heavy atom. The largest absolute Gasteiger partial charge is 0.493 e. The van der Waals surface area contributed by atoms with Crippen LogP contribution in [0.1, 0.15) is 17.5 Å². The van der Waals surface area contributed by atoms with Crippen LogP contribution in [0.5, 0.6) is 5.75 Å². The number of aliphatic hydroxyl groups excluding tert-OH is 1. The average Bonchev–Trinajstić information content (AvgIpc) is 2.40. The molecule has 0 saturated heterocycles. The summed E-state index contributed by atoms with van der Waals surface area (Å²) in [7, 11) is 0. The van der Waals surface area contributed by atoms with Gasteiger partial charge in [0.1, 0.15) is 11.9 Å². The molecule has 2 amide bonds. The summed E-state index contributed by atoms with van der Waals surface area (Å²) in [6, 6.07) is 5.70. The molecule has 0 aromatic heterocycles. The molecule has 0 saturated carbocycles. The van der Waals surface area contributed by atoms with Gasteiger partial charge >= 0.3 is 0 Å². The van der Waals surface area contributed by atoms with Gasteiger partial charge in [-0.1, -0.05) is 6.07 Å². The molecule has 1 aromatic rings. The molecule has 0 spiro atoms. The average molecular weight is 280 g/mol. The van der Waals surface area contributed by atoms with E-state index >= 15 is 0 Å². The zero-order valence-electron chi connectivity index (χ0n) is 11.7. The highest BCUT2D eigenvalue weighted by molar-refractivity contribution is 5.80. The van der Waals surface area contributed by atoms with E-state index in [9.17, 15) is 9.59 Å². The predicted molar refractivity (Wildman–Crippen MR) is 74.2 cm³/mol. The number of hydrogen-bond donors (Lipinski definition) is 3. The molecule has 1 atom stereocenters. The normalized spacial score (nSPS) is 11.8. The molecule has 4 N–H and O–H groups in total. The van der Waals surface area contributed by atoms with E-state index in [-0.39, 0.29) is 25.5 Å². The van der Waals surface area contributed by atoms with Crippen molar-refractivity contribution < 1.29 is 19.4 Å². The molecule has 0 aliphatic heterocycles. The Morgan fingerprint density at radius 3 is 2.65 bits per heavy atom. The molecule has 20 heavy (non-hydrogen) atoms. The molecule has 0 bridgehead atoms. The van der Waals surface area contributed by atoms with E-state index in [1.54, 1.807) is 0 Å². The van der Waals surface area contributed by atoms with Crippen molar-refractivity contribution in [2.75, 3.05) is 13.2 Å². The van der Waals surface area contributed by atoms with Gasteiger partial charge in [-0.05, 0) is 37.1 Å². The molecular weight excluding hydrogens is 260 g/mol. The summed E-state index contributed by atoms with van der Waals surface area (Å²) in [5.74, 6) is -0.469. The molecule has 0 aliphatic rings. The van der Waals surface area contributed by atoms with Crippen LogP contribution in [0.3, 0.4) is 0 Å². The third-order valence-corrected chi connectivity index (χ3v) is 2.90. The lowest BCUT2D eigenvalue weighted by Crippen LogP contribution is -2.40. The second kappa shape index (κ2) is 7.49. The number of primary amides is 1. The molecule has 0 heterocycles. The monoisotopic (exact) mass is 280 g/mol. The number of aryl methyl sites for hydroxylation is 2. The van der Waals surface area contributed by atoms with Gasteiger partial charge in [0.05, 0.1) is 19.6 Å². The van der Waals surface area contributed by atoms with Crippen LogP contribution in [0.25, 0.3) is 0 Å². The number of nitrogens with two attached hydrogens (primary N) is 1. The number of amides is 2. The lowest BCUT2D eigenvalue weighted by molar-refractivity contribution is -0.127. The van der Waals surface area contributed by atoms with Gasteiger partial charge in [-0.25, -0.2) is 0 Å². The fourth-order valence-electron chi connectivity index (χ4n) is 1.46. The first-order valence-electron chi connectivity index (χ1n) is 6.34. The number of nitrogens with one attached hydrogen (secondary N) is 1. The highest BCUT2D eigenvalue weighted by Crippen LogP contribution is 2.16. The topological polar surface area (TPSA) is 102 Å². The SMILES string of the molecule is Cc1ccc(OCCC(=O)NCC(O)C(N)=O)cc1C. The minimum atomic E-state index is -1.36. The highest BCUT2D eigenvalue weighted by atomic mass is 16.5. The summed E-state index contributed by atoms with van der Waals surface area (Å²) in [4.78, 5) is 22.0. The predicted octanol–water partition coefficient (Wildman–Crippen LogP) is 0.0347. The first kappa shape index (κ1) is 16.0. The maximum absolute atomic E-state index is 11.4. The van der Waals surface area contributed by atoms with E-state index < -0.39 is 12.0 Å². The third kappa shape index (κ3) is 5.27. The van der Waals surface area contributed by atoms with Gasteiger partial charge in [-0.2, -0.15) is 0 Å². The molecule has 110 valence electrons. The van der Waals surface area contributed by atoms with Crippen molar-refractivity contribution in [1.29, 1.82) is 0 Å². The first-order valence-corrected chi connectivity index (χ1v) is 6.34. The van der Waals surface area contributed by atoms with Gasteiger partial charge in [-0.3, -0.25) is 9.59 Å². The van der Waals surface area contributed by atoms with Crippen LogP contribution in [0.15, 0.2) is 18.2 Å². The van der Waals surface area contributed by atoms with E-state index in [1.807, 2.05) is 32.0 Å². The number of benzene rings is 1. The fraction of sp³-hybridized carbons (Fsp3) is 0.429. The van der Waals surface area contributed by atoms with Crippen LogP contribution in [-0.4, -0.2) is 36.2 Å². The molecule has 1 aromatic carbocycles. The number of carbonyl (C=O) groups is 2. The van der Waals surface area contributed by atoms with Gasteiger partial charge in [-0.15, -0.1) is 0 Å². The van der Waals surface area contributed by atoms with Crippen molar-refractivity contribution in [1.82, 2.24) is 5.32 Å². The summed E-state index contributed by atoms with van der Waals surface area (Å²) in [6.07, 6.45) is -1.22. The van der Waals surface area contributed by atoms with Gasteiger partial charge in [0.2, 0.25) is 11.8 Å². The van der Waals surface area contributed by atoms with Crippen molar-refractivity contribution in [2.24, 2.45) is 5.73 Å². The van der Waals surface area contributed by atoms with E-state index in [4.69, 9.17) is 15.6 Å². The number of ether oxygens (including phenoxy) is 1. The van der Waals surface area contributed by atoms with Crippen molar-refractivity contribution in [2.45, 2.75) is 26.4 Å². The summed E-state index contributed by atoms with van der Waals surface area (Å²) in [6.45, 7) is 4.04. The van der Waals surface area contributed by atoms with E-state index in [0.717, 1.165) is 5.56 Å².